The van der Waals surface area contributed by atoms with Crippen LogP contribution in [-0.4, -0.2) is 51.4 Å². The molecule has 0 unspecified atom stereocenters. The topological polar surface area (TPSA) is 96.0 Å². The number of carbonyl (C=O) groups is 2. The van der Waals surface area contributed by atoms with E-state index >= 15 is 0 Å². The summed E-state index contributed by atoms with van der Waals surface area (Å²) in [5.74, 6) is -0.613. The molecule has 0 aliphatic rings. The number of amides is 2. The molecular formula is C30H34Cl3N3O5S. The van der Waals surface area contributed by atoms with Gasteiger partial charge in [0.1, 0.15) is 18.3 Å². The molecule has 8 nitrogen and oxygen atoms in total. The number of aryl methyl sites for hydroxylation is 1. The molecule has 2 amide bonds. The van der Waals surface area contributed by atoms with E-state index in [1.54, 1.807) is 37.3 Å². The summed E-state index contributed by atoms with van der Waals surface area (Å²) < 4.78 is 34.2. The number of nitrogens with zero attached hydrogens (tertiary/aromatic N) is 2. The highest BCUT2D eigenvalue weighted by Gasteiger charge is 2.34. The fraction of sp³-hybridized carbons (Fsp3) is 0.333. The Morgan fingerprint density at radius 3 is 2.21 bits per heavy atom. The highest BCUT2D eigenvalue weighted by molar-refractivity contribution is 7.92. The molecule has 0 aliphatic carbocycles. The van der Waals surface area contributed by atoms with Crippen LogP contribution in [-0.2, 0) is 26.2 Å². The van der Waals surface area contributed by atoms with Crippen LogP contribution in [0.4, 0.5) is 5.69 Å². The number of benzene rings is 3. The molecule has 42 heavy (non-hydrogen) atoms. The minimum atomic E-state index is -4.25. The van der Waals surface area contributed by atoms with Gasteiger partial charge in [-0.2, -0.15) is 0 Å². The van der Waals surface area contributed by atoms with Crippen molar-refractivity contribution in [1.82, 2.24) is 10.2 Å². The van der Waals surface area contributed by atoms with E-state index in [4.69, 9.17) is 39.5 Å². The Labute approximate surface area is 262 Å². The minimum absolute atomic E-state index is 0.00661. The molecule has 12 heteroatoms. The third-order valence-electron chi connectivity index (χ3n) is 6.60. The monoisotopic (exact) mass is 653 g/mol. The van der Waals surface area contributed by atoms with Gasteiger partial charge in [-0.15, -0.1) is 0 Å². The first-order valence-electron chi connectivity index (χ1n) is 13.4. The van der Waals surface area contributed by atoms with E-state index in [0.717, 1.165) is 9.87 Å². The lowest BCUT2D eigenvalue weighted by Gasteiger charge is -2.33. The second kappa shape index (κ2) is 15.0. The lowest BCUT2D eigenvalue weighted by atomic mass is 10.1. The molecule has 0 radical (unpaired) electrons. The van der Waals surface area contributed by atoms with E-state index in [2.05, 4.69) is 5.32 Å². The van der Waals surface area contributed by atoms with Gasteiger partial charge in [0.25, 0.3) is 10.0 Å². The van der Waals surface area contributed by atoms with Crippen molar-refractivity contribution in [3.05, 3.63) is 86.9 Å². The number of nitrogens with one attached hydrogen (secondary N) is 1. The number of ether oxygens (including phenoxy) is 1. The Kier molecular flexibility index (Phi) is 11.9. The van der Waals surface area contributed by atoms with E-state index < -0.39 is 28.5 Å². The molecule has 0 spiro atoms. The van der Waals surface area contributed by atoms with Gasteiger partial charge in [0.15, 0.2) is 0 Å². The van der Waals surface area contributed by atoms with Gasteiger partial charge in [-0.25, -0.2) is 8.42 Å². The largest absolute Gasteiger partial charge is 0.495 e. The van der Waals surface area contributed by atoms with Crippen LogP contribution >= 0.6 is 34.8 Å². The SMILES string of the molecule is CCCNC(=O)[C@@H](CC)N(Cc1ccc(Cl)cc1Cl)C(=O)CN(c1ccc(OC)c(Cl)c1)S(=O)(=O)c1ccc(C)cc1. The second-order valence-corrected chi connectivity index (χ2v) is 12.7. The Bertz CT molecular complexity index is 1520. The molecule has 0 aromatic heterocycles. The van der Waals surface area contributed by atoms with Crippen molar-refractivity contribution in [2.24, 2.45) is 0 Å². The number of sulfonamides is 1. The summed E-state index contributed by atoms with van der Waals surface area (Å²) in [5, 5.41) is 3.75. The third-order valence-corrected chi connectivity index (χ3v) is 9.27. The van der Waals surface area contributed by atoms with Gasteiger partial charge in [0.2, 0.25) is 11.8 Å². The summed E-state index contributed by atoms with van der Waals surface area (Å²) in [5.41, 5.74) is 1.58. The molecule has 1 atom stereocenters. The molecule has 0 bridgehead atoms. The molecule has 3 aromatic rings. The van der Waals surface area contributed by atoms with Crippen molar-refractivity contribution in [1.29, 1.82) is 0 Å². The summed E-state index contributed by atoms with van der Waals surface area (Å²) in [4.78, 5) is 28.7. The van der Waals surface area contributed by atoms with Crippen LogP contribution in [0.2, 0.25) is 15.1 Å². The summed E-state index contributed by atoms with van der Waals surface area (Å²) in [6.07, 6.45) is 0.992. The summed E-state index contributed by atoms with van der Waals surface area (Å²) in [6.45, 7) is 5.32. The van der Waals surface area contributed by atoms with E-state index in [9.17, 15) is 18.0 Å². The maximum absolute atomic E-state index is 14.1. The maximum Gasteiger partial charge on any atom is 0.264 e. The van der Waals surface area contributed by atoms with Crippen molar-refractivity contribution in [2.75, 3.05) is 24.5 Å². The van der Waals surface area contributed by atoms with Crippen LogP contribution in [0.3, 0.4) is 0 Å². The van der Waals surface area contributed by atoms with Gasteiger partial charge in [-0.05, 0) is 67.8 Å². The number of hydrogen-bond acceptors (Lipinski definition) is 5. The van der Waals surface area contributed by atoms with Crippen LogP contribution in [0.5, 0.6) is 5.75 Å². The zero-order valence-corrected chi connectivity index (χ0v) is 26.9. The molecule has 1 N–H and O–H groups in total. The molecule has 0 fully saturated rings. The van der Waals surface area contributed by atoms with Crippen molar-refractivity contribution in [3.8, 4) is 5.75 Å². The molecule has 3 aromatic carbocycles. The van der Waals surface area contributed by atoms with E-state index in [1.165, 1.54) is 42.3 Å². The number of rotatable bonds is 13. The molecule has 0 heterocycles. The quantitative estimate of drug-likeness (QED) is 0.227. The Morgan fingerprint density at radius 2 is 1.64 bits per heavy atom. The average molecular weight is 655 g/mol. The average Bonchev–Trinajstić information content (AvgIpc) is 2.95. The van der Waals surface area contributed by atoms with Gasteiger partial charge in [0, 0.05) is 23.1 Å². The number of anilines is 1. The van der Waals surface area contributed by atoms with Crippen LogP contribution < -0.4 is 14.4 Å². The summed E-state index contributed by atoms with van der Waals surface area (Å²) >= 11 is 18.9. The summed E-state index contributed by atoms with van der Waals surface area (Å²) in [7, 11) is -2.80. The fourth-order valence-corrected chi connectivity index (χ4v) is 6.42. The van der Waals surface area contributed by atoms with Gasteiger partial charge in [-0.3, -0.25) is 13.9 Å². The van der Waals surface area contributed by atoms with Crippen molar-refractivity contribution in [2.45, 2.75) is 51.1 Å². The highest BCUT2D eigenvalue weighted by atomic mass is 35.5. The zero-order valence-electron chi connectivity index (χ0n) is 23.9. The smallest absolute Gasteiger partial charge is 0.264 e. The third kappa shape index (κ3) is 8.10. The Balaban J connectivity index is 2.11. The number of carbonyl (C=O) groups excluding carboxylic acids is 2. The van der Waals surface area contributed by atoms with Crippen molar-refractivity contribution < 1.29 is 22.7 Å². The van der Waals surface area contributed by atoms with Crippen LogP contribution in [0, 0.1) is 6.92 Å². The first-order valence-corrected chi connectivity index (χ1v) is 15.9. The predicted octanol–water partition coefficient (Wildman–Crippen LogP) is 6.49. The van der Waals surface area contributed by atoms with E-state index in [-0.39, 0.29) is 34.5 Å². The normalized spacial score (nSPS) is 12.0. The first-order chi connectivity index (χ1) is 19.9. The first kappa shape index (κ1) is 33.5. The van der Waals surface area contributed by atoms with E-state index in [0.29, 0.717) is 34.3 Å². The fourth-order valence-electron chi connectivity index (χ4n) is 4.30. The zero-order chi connectivity index (χ0) is 31.0. The number of hydrogen-bond donors (Lipinski definition) is 1. The maximum atomic E-state index is 14.1. The van der Waals surface area contributed by atoms with Crippen molar-refractivity contribution in [3.63, 3.8) is 0 Å². The molecule has 0 aliphatic heterocycles. The summed E-state index contributed by atoms with van der Waals surface area (Å²) in [6, 6.07) is 14.7. The molecular weight excluding hydrogens is 621 g/mol. The lowest BCUT2D eigenvalue weighted by Crippen LogP contribution is -2.52. The number of halogens is 3. The molecule has 3 rings (SSSR count). The van der Waals surface area contributed by atoms with Crippen molar-refractivity contribution >= 4 is 62.3 Å². The Morgan fingerprint density at radius 1 is 0.952 bits per heavy atom. The Hall–Kier alpha value is -2.98. The minimum Gasteiger partial charge on any atom is -0.495 e. The second-order valence-electron chi connectivity index (χ2n) is 9.62. The number of methoxy groups -OCH3 is 1. The van der Waals surface area contributed by atoms with Crippen LogP contribution in [0.15, 0.2) is 65.6 Å². The van der Waals surface area contributed by atoms with Gasteiger partial charge < -0.3 is 15.0 Å². The molecule has 0 saturated heterocycles. The van der Waals surface area contributed by atoms with E-state index in [1.807, 2.05) is 13.8 Å². The molecule has 226 valence electrons. The molecule has 0 saturated carbocycles. The predicted molar refractivity (Wildman–Crippen MR) is 168 cm³/mol. The van der Waals surface area contributed by atoms with Crippen LogP contribution in [0.1, 0.15) is 37.8 Å². The standard InChI is InChI=1S/C30H34Cl3N3O5S/c1-5-15-34-30(38)27(6-2)35(18-21-9-10-22(31)16-25(21)32)29(37)19-36(23-11-14-28(41-4)26(33)17-23)42(39,40)24-12-7-20(3)8-13-24/h7-14,16-17,27H,5-6,15,18-19H2,1-4H3,(H,34,38)/t27-/m1/s1. The van der Waals surface area contributed by atoms with Gasteiger partial charge in [0.05, 0.1) is 22.7 Å². The van der Waals surface area contributed by atoms with Gasteiger partial charge in [-0.1, -0.05) is 72.4 Å². The lowest BCUT2D eigenvalue weighted by molar-refractivity contribution is -0.140. The highest BCUT2D eigenvalue weighted by Crippen LogP contribution is 2.32. The van der Waals surface area contributed by atoms with Crippen LogP contribution in [0.25, 0.3) is 0 Å². The van der Waals surface area contributed by atoms with Gasteiger partial charge >= 0.3 is 0 Å².